The van der Waals surface area contributed by atoms with Gasteiger partial charge >= 0.3 is 0 Å². The van der Waals surface area contributed by atoms with Crippen molar-refractivity contribution in [2.45, 2.75) is 44.9 Å². The summed E-state index contributed by atoms with van der Waals surface area (Å²) >= 11 is 0. The Morgan fingerprint density at radius 2 is 1.95 bits per heavy atom. The molecule has 2 amide bonds. The average Bonchev–Trinajstić information content (AvgIpc) is 2.47. The highest BCUT2D eigenvalue weighted by Crippen LogP contribution is 2.17. The molecule has 0 aromatic heterocycles. The lowest BCUT2D eigenvalue weighted by Gasteiger charge is -2.34. The summed E-state index contributed by atoms with van der Waals surface area (Å²) < 4.78 is 0. The van der Waals surface area contributed by atoms with Gasteiger partial charge in [-0.3, -0.25) is 9.59 Å². The minimum absolute atomic E-state index is 0. The summed E-state index contributed by atoms with van der Waals surface area (Å²) in [5.41, 5.74) is 0. The standard InChI is InChI=1S/C16H29N3O2.ClH/c1-17-11-14-7-6-10-18(12-14)16(21)13-19-9-5-3-2-4-8-15(19)20;/h14,17H,2-13H2,1H3;1H. The average molecular weight is 332 g/mol. The normalized spacial score (nSPS) is 23.5. The zero-order chi connectivity index (χ0) is 15.1. The first-order valence-electron chi connectivity index (χ1n) is 8.41. The highest BCUT2D eigenvalue weighted by atomic mass is 35.5. The second-order valence-electron chi connectivity index (χ2n) is 6.39. The van der Waals surface area contributed by atoms with E-state index in [0.717, 1.165) is 51.9 Å². The van der Waals surface area contributed by atoms with Gasteiger partial charge in [0.1, 0.15) is 0 Å². The molecule has 0 aliphatic carbocycles. The van der Waals surface area contributed by atoms with Gasteiger partial charge < -0.3 is 15.1 Å². The molecule has 0 bridgehead atoms. The maximum Gasteiger partial charge on any atom is 0.242 e. The molecule has 2 aliphatic heterocycles. The van der Waals surface area contributed by atoms with Crippen molar-refractivity contribution in [2.24, 2.45) is 5.92 Å². The molecule has 0 saturated carbocycles. The van der Waals surface area contributed by atoms with Crippen LogP contribution in [0, 0.1) is 5.92 Å². The van der Waals surface area contributed by atoms with E-state index in [-0.39, 0.29) is 30.8 Å². The minimum atomic E-state index is 0. The van der Waals surface area contributed by atoms with Crippen LogP contribution in [0.4, 0.5) is 0 Å². The van der Waals surface area contributed by atoms with Crippen molar-refractivity contribution in [2.75, 3.05) is 39.8 Å². The molecule has 5 nitrogen and oxygen atoms in total. The molecule has 1 atom stereocenters. The van der Waals surface area contributed by atoms with E-state index in [1.54, 1.807) is 4.90 Å². The monoisotopic (exact) mass is 331 g/mol. The summed E-state index contributed by atoms with van der Waals surface area (Å²) in [4.78, 5) is 28.3. The quantitative estimate of drug-likeness (QED) is 0.852. The van der Waals surface area contributed by atoms with E-state index in [4.69, 9.17) is 0 Å². The van der Waals surface area contributed by atoms with Crippen LogP contribution in [0.2, 0.25) is 0 Å². The van der Waals surface area contributed by atoms with Crippen molar-refractivity contribution in [3.63, 3.8) is 0 Å². The molecule has 128 valence electrons. The van der Waals surface area contributed by atoms with Crippen LogP contribution < -0.4 is 5.32 Å². The van der Waals surface area contributed by atoms with Gasteiger partial charge in [-0.15, -0.1) is 12.4 Å². The summed E-state index contributed by atoms with van der Waals surface area (Å²) in [6.07, 6.45) is 7.19. The van der Waals surface area contributed by atoms with Crippen LogP contribution in [0.15, 0.2) is 0 Å². The number of halogens is 1. The first-order chi connectivity index (χ1) is 10.2. The third kappa shape index (κ3) is 5.76. The molecule has 1 N–H and O–H groups in total. The number of rotatable bonds is 4. The Morgan fingerprint density at radius 3 is 2.73 bits per heavy atom. The highest BCUT2D eigenvalue weighted by molar-refractivity contribution is 5.85. The molecule has 2 rings (SSSR count). The third-order valence-electron chi connectivity index (χ3n) is 4.61. The smallest absolute Gasteiger partial charge is 0.242 e. The van der Waals surface area contributed by atoms with E-state index < -0.39 is 0 Å². The largest absolute Gasteiger partial charge is 0.341 e. The number of amides is 2. The Balaban J connectivity index is 0.00000242. The number of carbonyl (C=O) groups excluding carboxylic acids is 2. The number of likely N-dealkylation sites (tertiary alicyclic amines) is 2. The molecule has 0 aromatic carbocycles. The van der Waals surface area contributed by atoms with Crippen LogP contribution >= 0.6 is 12.4 Å². The molecule has 0 spiro atoms. The zero-order valence-electron chi connectivity index (χ0n) is 13.7. The van der Waals surface area contributed by atoms with Crippen LogP contribution in [0.25, 0.3) is 0 Å². The number of hydrogen-bond donors (Lipinski definition) is 1. The van der Waals surface area contributed by atoms with Crippen molar-refractivity contribution < 1.29 is 9.59 Å². The van der Waals surface area contributed by atoms with E-state index in [1.165, 1.54) is 12.8 Å². The lowest BCUT2D eigenvalue weighted by molar-refractivity contribution is -0.142. The van der Waals surface area contributed by atoms with Crippen LogP contribution in [-0.4, -0.2) is 61.4 Å². The SMILES string of the molecule is CNCC1CCCN(C(=O)CN2CCCCCCC2=O)C1.Cl. The Bertz CT molecular complexity index is 363. The Hall–Kier alpha value is -0.810. The number of carbonyl (C=O) groups is 2. The van der Waals surface area contributed by atoms with E-state index in [1.807, 2.05) is 11.9 Å². The number of nitrogens with one attached hydrogen (secondary N) is 1. The van der Waals surface area contributed by atoms with Gasteiger partial charge in [0.05, 0.1) is 6.54 Å². The van der Waals surface area contributed by atoms with Gasteiger partial charge in [0, 0.05) is 26.1 Å². The Kier molecular flexibility index (Phi) is 8.79. The summed E-state index contributed by atoms with van der Waals surface area (Å²) in [7, 11) is 1.96. The van der Waals surface area contributed by atoms with E-state index in [0.29, 0.717) is 12.3 Å². The fourth-order valence-corrected chi connectivity index (χ4v) is 3.39. The molecule has 22 heavy (non-hydrogen) atoms. The maximum absolute atomic E-state index is 12.5. The fourth-order valence-electron chi connectivity index (χ4n) is 3.39. The first kappa shape index (κ1) is 19.2. The zero-order valence-corrected chi connectivity index (χ0v) is 14.5. The summed E-state index contributed by atoms with van der Waals surface area (Å²) in [6, 6.07) is 0. The van der Waals surface area contributed by atoms with Crippen LogP contribution in [-0.2, 0) is 9.59 Å². The molecule has 0 aromatic rings. The molecule has 6 heteroatoms. The predicted molar refractivity (Wildman–Crippen MR) is 90.1 cm³/mol. The Labute approximate surface area is 140 Å². The summed E-state index contributed by atoms with van der Waals surface area (Å²) in [5, 5.41) is 3.20. The van der Waals surface area contributed by atoms with Gasteiger partial charge in [0.15, 0.2) is 0 Å². The van der Waals surface area contributed by atoms with Crippen molar-refractivity contribution in [3.05, 3.63) is 0 Å². The van der Waals surface area contributed by atoms with E-state index in [9.17, 15) is 9.59 Å². The molecule has 2 heterocycles. The number of hydrogen-bond acceptors (Lipinski definition) is 3. The highest BCUT2D eigenvalue weighted by Gasteiger charge is 2.26. The van der Waals surface area contributed by atoms with Crippen molar-refractivity contribution in [3.8, 4) is 0 Å². The maximum atomic E-state index is 12.5. The van der Waals surface area contributed by atoms with Gasteiger partial charge in [0.25, 0.3) is 0 Å². The Morgan fingerprint density at radius 1 is 1.18 bits per heavy atom. The van der Waals surface area contributed by atoms with Crippen molar-refractivity contribution in [1.82, 2.24) is 15.1 Å². The third-order valence-corrected chi connectivity index (χ3v) is 4.61. The lowest BCUT2D eigenvalue weighted by atomic mass is 9.98. The molecule has 2 fully saturated rings. The molecule has 0 radical (unpaired) electrons. The predicted octanol–water partition coefficient (Wildman–Crippen LogP) is 1.66. The molecule has 2 aliphatic rings. The van der Waals surface area contributed by atoms with Gasteiger partial charge in [0.2, 0.25) is 11.8 Å². The van der Waals surface area contributed by atoms with Crippen molar-refractivity contribution in [1.29, 1.82) is 0 Å². The summed E-state index contributed by atoms with van der Waals surface area (Å²) in [5.74, 6) is 0.840. The van der Waals surface area contributed by atoms with E-state index >= 15 is 0 Å². The van der Waals surface area contributed by atoms with Crippen LogP contribution in [0.1, 0.15) is 44.9 Å². The van der Waals surface area contributed by atoms with Gasteiger partial charge in [-0.1, -0.05) is 12.8 Å². The van der Waals surface area contributed by atoms with Crippen LogP contribution in [0.3, 0.4) is 0 Å². The second kappa shape index (κ2) is 10.1. The van der Waals surface area contributed by atoms with E-state index in [2.05, 4.69) is 5.32 Å². The lowest BCUT2D eigenvalue weighted by Crippen LogP contribution is -2.48. The molecule has 1 unspecified atom stereocenters. The fraction of sp³-hybridized carbons (Fsp3) is 0.875. The molecular formula is C16H30ClN3O2. The topological polar surface area (TPSA) is 52.7 Å². The second-order valence-corrected chi connectivity index (χ2v) is 6.39. The van der Waals surface area contributed by atoms with Crippen molar-refractivity contribution >= 4 is 24.2 Å². The molecular weight excluding hydrogens is 302 g/mol. The van der Waals surface area contributed by atoms with Gasteiger partial charge in [-0.2, -0.15) is 0 Å². The number of nitrogens with zero attached hydrogens (tertiary/aromatic N) is 2. The number of piperidine rings is 1. The van der Waals surface area contributed by atoms with Gasteiger partial charge in [-0.05, 0) is 45.2 Å². The minimum Gasteiger partial charge on any atom is -0.341 e. The van der Waals surface area contributed by atoms with Crippen LogP contribution in [0.5, 0.6) is 0 Å². The summed E-state index contributed by atoms with van der Waals surface area (Å²) in [6.45, 7) is 3.68. The van der Waals surface area contributed by atoms with Gasteiger partial charge in [-0.25, -0.2) is 0 Å². The molecule has 2 saturated heterocycles. The first-order valence-corrected chi connectivity index (χ1v) is 8.41.